The van der Waals surface area contributed by atoms with E-state index in [9.17, 15) is 8.42 Å². The number of rotatable bonds is 9. The van der Waals surface area contributed by atoms with Crippen molar-refractivity contribution in [3.8, 4) is 0 Å². The molecule has 0 saturated heterocycles. The molecule has 0 heterocycles. The Hall–Kier alpha value is -0.170. The summed E-state index contributed by atoms with van der Waals surface area (Å²) in [6.45, 7) is 6.91. The summed E-state index contributed by atoms with van der Waals surface area (Å²) in [5, 5.41) is -0.491. The molecule has 0 aliphatic heterocycles. The zero-order valence-corrected chi connectivity index (χ0v) is 13.1. The molecule has 5 nitrogen and oxygen atoms in total. The van der Waals surface area contributed by atoms with E-state index in [1.165, 1.54) is 0 Å². The Bertz CT molecular complexity index is 301. The first-order chi connectivity index (χ1) is 8.22. The third kappa shape index (κ3) is 6.68. The Kier molecular flexibility index (Phi) is 8.02. The summed E-state index contributed by atoms with van der Waals surface area (Å²) in [5.74, 6) is 0.454. The maximum Gasteiger partial charge on any atom is 0.216 e. The van der Waals surface area contributed by atoms with Crippen LogP contribution in [0.25, 0.3) is 0 Å². The van der Waals surface area contributed by atoms with Crippen molar-refractivity contribution in [2.24, 2.45) is 11.7 Å². The molecule has 0 aromatic carbocycles. The molecule has 2 atom stereocenters. The van der Waals surface area contributed by atoms with Crippen molar-refractivity contribution in [1.29, 1.82) is 0 Å². The lowest BCUT2D eigenvalue weighted by Gasteiger charge is -2.26. The lowest BCUT2D eigenvalue weighted by atomic mass is 10.0. The smallest absolute Gasteiger partial charge is 0.216 e. The number of nitrogens with zero attached hydrogens (tertiary/aromatic N) is 1. The second-order valence-corrected chi connectivity index (χ2v) is 7.51. The number of nitrogens with two attached hydrogens (primary N) is 1. The molecular formula is C12H29N3O2S. The van der Waals surface area contributed by atoms with E-state index in [4.69, 9.17) is 5.73 Å². The first-order valence-electron chi connectivity index (χ1n) is 6.58. The van der Waals surface area contributed by atoms with Crippen molar-refractivity contribution < 1.29 is 8.42 Å². The Morgan fingerprint density at radius 2 is 1.83 bits per heavy atom. The largest absolute Gasteiger partial charge is 0.329 e. The minimum absolute atomic E-state index is 0.0504. The van der Waals surface area contributed by atoms with Gasteiger partial charge in [-0.1, -0.05) is 20.8 Å². The van der Waals surface area contributed by atoms with Gasteiger partial charge < -0.3 is 10.6 Å². The van der Waals surface area contributed by atoms with E-state index in [1.54, 1.807) is 0 Å². The highest BCUT2D eigenvalue weighted by atomic mass is 32.2. The van der Waals surface area contributed by atoms with Crippen molar-refractivity contribution in [2.45, 2.75) is 44.9 Å². The van der Waals surface area contributed by atoms with E-state index in [2.05, 4.69) is 18.6 Å². The van der Waals surface area contributed by atoms with E-state index >= 15 is 0 Å². The fourth-order valence-corrected chi connectivity index (χ4v) is 3.53. The standard InChI is InChI=1S/C12H29N3O2S/c1-6-12(8-13)18(16,17)14-11(7-10(2)3)9-15(4)5/h10-12,14H,6-9,13H2,1-5H3. The van der Waals surface area contributed by atoms with E-state index in [0.29, 0.717) is 18.9 Å². The van der Waals surface area contributed by atoms with Gasteiger partial charge in [-0.25, -0.2) is 13.1 Å². The fourth-order valence-electron chi connectivity index (χ4n) is 2.01. The molecule has 0 aliphatic rings. The second kappa shape index (κ2) is 8.09. The molecule has 18 heavy (non-hydrogen) atoms. The molecule has 0 bridgehead atoms. The van der Waals surface area contributed by atoms with Gasteiger partial charge in [-0.05, 0) is 32.9 Å². The van der Waals surface area contributed by atoms with Gasteiger partial charge in [0.05, 0.1) is 5.25 Å². The third-order valence-corrected chi connectivity index (χ3v) is 4.89. The maximum atomic E-state index is 12.2. The summed E-state index contributed by atoms with van der Waals surface area (Å²) >= 11 is 0. The van der Waals surface area contributed by atoms with Crippen LogP contribution in [0, 0.1) is 5.92 Å². The summed E-state index contributed by atoms with van der Waals surface area (Å²) in [6, 6.07) is -0.0504. The summed E-state index contributed by atoms with van der Waals surface area (Å²) in [6.07, 6.45) is 1.38. The lowest BCUT2D eigenvalue weighted by Crippen LogP contribution is -2.47. The number of hydrogen-bond donors (Lipinski definition) is 2. The topological polar surface area (TPSA) is 75.4 Å². The minimum atomic E-state index is -3.31. The van der Waals surface area contributed by atoms with Gasteiger partial charge in [0.25, 0.3) is 0 Å². The first-order valence-corrected chi connectivity index (χ1v) is 8.13. The average Bonchev–Trinajstić information content (AvgIpc) is 2.15. The summed E-state index contributed by atoms with van der Waals surface area (Å²) in [7, 11) is 0.578. The van der Waals surface area contributed by atoms with Crippen LogP contribution in [0.5, 0.6) is 0 Å². The van der Waals surface area contributed by atoms with Crippen LogP contribution in [0.4, 0.5) is 0 Å². The van der Waals surface area contributed by atoms with E-state index < -0.39 is 15.3 Å². The number of hydrogen-bond acceptors (Lipinski definition) is 4. The molecule has 0 aromatic heterocycles. The highest BCUT2D eigenvalue weighted by Gasteiger charge is 2.26. The monoisotopic (exact) mass is 279 g/mol. The molecule has 0 aromatic rings. The lowest BCUT2D eigenvalue weighted by molar-refractivity contribution is 0.328. The molecule has 0 rings (SSSR count). The first kappa shape index (κ1) is 17.8. The van der Waals surface area contributed by atoms with Crippen LogP contribution in [-0.2, 0) is 10.0 Å². The van der Waals surface area contributed by atoms with Crippen molar-refractivity contribution in [3.05, 3.63) is 0 Å². The van der Waals surface area contributed by atoms with Gasteiger partial charge in [0.2, 0.25) is 10.0 Å². The molecule has 2 unspecified atom stereocenters. The Balaban J connectivity index is 4.73. The van der Waals surface area contributed by atoms with Gasteiger partial charge in [0.15, 0.2) is 0 Å². The van der Waals surface area contributed by atoms with Crippen LogP contribution in [0.15, 0.2) is 0 Å². The van der Waals surface area contributed by atoms with Crippen molar-refractivity contribution in [3.63, 3.8) is 0 Å². The highest BCUT2D eigenvalue weighted by Crippen LogP contribution is 2.10. The van der Waals surface area contributed by atoms with Gasteiger partial charge in [0.1, 0.15) is 0 Å². The molecular weight excluding hydrogens is 250 g/mol. The van der Waals surface area contributed by atoms with E-state index in [-0.39, 0.29) is 12.6 Å². The van der Waals surface area contributed by atoms with Crippen LogP contribution in [-0.4, -0.2) is 51.8 Å². The normalized spacial score (nSPS) is 16.2. The predicted octanol–water partition coefficient (Wildman–Crippen LogP) is 0.619. The Labute approximate surface area is 112 Å². The molecule has 0 fully saturated rings. The highest BCUT2D eigenvalue weighted by molar-refractivity contribution is 7.90. The summed E-state index contributed by atoms with van der Waals surface area (Å²) in [4.78, 5) is 2.00. The quantitative estimate of drug-likeness (QED) is 0.649. The number of sulfonamides is 1. The SMILES string of the molecule is CCC(CN)S(=O)(=O)NC(CC(C)C)CN(C)C. The molecule has 0 radical (unpaired) electrons. The minimum Gasteiger partial charge on any atom is -0.329 e. The second-order valence-electron chi connectivity index (χ2n) is 5.52. The van der Waals surface area contributed by atoms with Gasteiger partial charge in [-0.15, -0.1) is 0 Å². The van der Waals surface area contributed by atoms with Crippen molar-refractivity contribution >= 4 is 10.0 Å². The maximum absolute atomic E-state index is 12.2. The van der Waals surface area contributed by atoms with Crippen molar-refractivity contribution in [2.75, 3.05) is 27.2 Å². The molecule has 0 saturated carbocycles. The molecule has 3 N–H and O–H groups in total. The van der Waals surface area contributed by atoms with Gasteiger partial charge in [0, 0.05) is 19.1 Å². The zero-order valence-electron chi connectivity index (χ0n) is 12.3. The van der Waals surface area contributed by atoms with E-state index in [1.807, 2.05) is 25.9 Å². The predicted molar refractivity (Wildman–Crippen MR) is 77.0 cm³/mol. The molecule has 0 amide bonds. The Morgan fingerprint density at radius 3 is 2.17 bits per heavy atom. The number of likely N-dealkylation sites (N-methyl/N-ethyl adjacent to an activating group) is 1. The summed E-state index contributed by atoms with van der Waals surface area (Å²) in [5.41, 5.74) is 5.52. The van der Waals surface area contributed by atoms with Crippen molar-refractivity contribution in [1.82, 2.24) is 9.62 Å². The van der Waals surface area contributed by atoms with Gasteiger partial charge >= 0.3 is 0 Å². The van der Waals surface area contributed by atoms with Crippen LogP contribution in [0.3, 0.4) is 0 Å². The molecule has 0 aliphatic carbocycles. The van der Waals surface area contributed by atoms with Crippen LogP contribution in [0.1, 0.15) is 33.6 Å². The number of nitrogens with one attached hydrogen (secondary N) is 1. The van der Waals surface area contributed by atoms with Gasteiger partial charge in [-0.2, -0.15) is 0 Å². The van der Waals surface area contributed by atoms with Crippen LogP contribution in [0.2, 0.25) is 0 Å². The van der Waals surface area contributed by atoms with Crippen LogP contribution >= 0.6 is 0 Å². The molecule has 6 heteroatoms. The zero-order chi connectivity index (χ0) is 14.3. The third-order valence-electron chi connectivity index (χ3n) is 2.83. The molecule has 110 valence electrons. The van der Waals surface area contributed by atoms with Gasteiger partial charge in [-0.3, -0.25) is 0 Å². The Morgan fingerprint density at radius 1 is 1.28 bits per heavy atom. The molecule has 0 spiro atoms. The fraction of sp³-hybridized carbons (Fsp3) is 1.00. The van der Waals surface area contributed by atoms with Crippen LogP contribution < -0.4 is 10.5 Å². The summed E-state index contributed by atoms with van der Waals surface area (Å²) < 4.78 is 27.1. The van der Waals surface area contributed by atoms with E-state index in [0.717, 1.165) is 6.42 Å². The average molecular weight is 279 g/mol.